The van der Waals surface area contributed by atoms with Crippen molar-refractivity contribution in [1.29, 1.82) is 0 Å². The lowest BCUT2D eigenvalue weighted by Gasteiger charge is -2.19. The Labute approximate surface area is 170 Å². The van der Waals surface area contributed by atoms with Crippen molar-refractivity contribution in [3.63, 3.8) is 0 Å². The number of carbonyl (C=O) groups excluding carboxylic acids is 2. The molecule has 1 unspecified atom stereocenters. The van der Waals surface area contributed by atoms with Gasteiger partial charge in [-0.1, -0.05) is 24.3 Å². The Morgan fingerprint density at radius 1 is 1.14 bits per heavy atom. The van der Waals surface area contributed by atoms with Crippen molar-refractivity contribution in [3.8, 4) is 11.5 Å². The molecule has 0 fully saturated rings. The van der Waals surface area contributed by atoms with Crippen molar-refractivity contribution in [2.24, 2.45) is 0 Å². The number of methoxy groups -OCH3 is 1. The molecular formula is C22H26FNO5. The zero-order valence-electron chi connectivity index (χ0n) is 16.7. The average molecular weight is 403 g/mol. The highest BCUT2D eigenvalue weighted by Crippen LogP contribution is 2.22. The average Bonchev–Trinajstić information content (AvgIpc) is 2.72. The van der Waals surface area contributed by atoms with Gasteiger partial charge in [0, 0.05) is 6.42 Å². The topological polar surface area (TPSA) is 73.9 Å². The van der Waals surface area contributed by atoms with Gasteiger partial charge in [0.1, 0.15) is 5.75 Å². The van der Waals surface area contributed by atoms with Crippen molar-refractivity contribution in [3.05, 3.63) is 59.9 Å². The van der Waals surface area contributed by atoms with E-state index >= 15 is 0 Å². The molecular weight excluding hydrogens is 377 g/mol. The Hall–Kier alpha value is -3.09. The molecule has 0 aliphatic rings. The highest BCUT2D eigenvalue weighted by atomic mass is 19.1. The molecule has 2 aromatic rings. The molecule has 0 aromatic heterocycles. The number of carbonyl (C=O) groups is 2. The van der Waals surface area contributed by atoms with Crippen molar-refractivity contribution < 1.29 is 28.2 Å². The maximum atomic E-state index is 13.5. The van der Waals surface area contributed by atoms with Crippen LogP contribution >= 0.6 is 0 Å². The summed E-state index contributed by atoms with van der Waals surface area (Å²) >= 11 is 0. The van der Waals surface area contributed by atoms with Crippen molar-refractivity contribution in [1.82, 2.24) is 5.32 Å². The predicted molar refractivity (Wildman–Crippen MR) is 106 cm³/mol. The van der Waals surface area contributed by atoms with E-state index in [2.05, 4.69) is 5.32 Å². The molecule has 1 N–H and O–H groups in total. The van der Waals surface area contributed by atoms with Crippen molar-refractivity contribution >= 4 is 11.9 Å². The van der Waals surface area contributed by atoms with Crippen LogP contribution in [0, 0.1) is 5.82 Å². The quantitative estimate of drug-likeness (QED) is 0.456. The third kappa shape index (κ3) is 7.44. The summed E-state index contributed by atoms with van der Waals surface area (Å²) in [6.07, 6.45) is 0.598. The number of rotatable bonds is 11. The molecule has 0 heterocycles. The van der Waals surface area contributed by atoms with Gasteiger partial charge < -0.3 is 19.5 Å². The van der Waals surface area contributed by atoms with Gasteiger partial charge in [0.2, 0.25) is 5.91 Å². The van der Waals surface area contributed by atoms with Crippen LogP contribution in [-0.4, -0.2) is 32.2 Å². The van der Waals surface area contributed by atoms with Gasteiger partial charge >= 0.3 is 5.97 Å². The van der Waals surface area contributed by atoms with Crippen LogP contribution in [0.2, 0.25) is 0 Å². The van der Waals surface area contributed by atoms with Gasteiger partial charge in [0.05, 0.1) is 32.8 Å². The van der Waals surface area contributed by atoms with E-state index in [0.717, 1.165) is 5.56 Å². The standard InChI is InChI=1S/C22H26FNO5/c1-3-28-22(26)15-19(16-8-6-9-17(14-16)27-2)24-21(25)12-7-13-29-20-11-5-4-10-18(20)23/h4-6,8-11,14,19H,3,7,12-13,15H2,1-2H3,(H,24,25). The minimum absolute atomic E-state index is 0.0124. The van der Waals surface area contributed by atoms with Crippen LogP contribution in [0.4, 0.5) is 4.39 Å². The summed E-state index contributed by atoms with van der Waals surface area (Å²) in [5, 5.41) is 2.86. The van der Waals surface area contributed by atoms with E-state index < -0.39 is 17.8 Å². The maximum Gasteiger partial charge on any atom is 0.308 e. The summed E-state index contributed by atoms with van der Waals surface area (Å²) in [7, 11) is 1.55. The highest BCUT2D eigenvalue weighted by molar-refractivity contribution is 5.78. The van der Waals surface area contributed by atoms with Gasteiger partial charge in [0.15, 0.2) is 11.6 Å². The zero-order valence-corrected chi connectivity index (χ0v) is 16.7. The Morgan fingerprint density at radius 3 is 2.66 bits per heavy atom. The Morgan fingerprint density at radius 2 is 1.93 bits per heavy atom. The van der Waals surface area contributed by atoms with E-state index in [4.69, 9.17) is 14.2 Å². The summed E-state index contributed by atoms with van der Waals surface area (Å²) < 4.78 is 29.1. The molecule has 6 nitrogen and oxygen atoms in total. The van der Waals surface area contributed by atoms with E-state index in [1.54, 1.807) is 44.4 Å². The van der Waals surface area contributed by atoms with Crippen LogP contribution in [0.5, 0.6) is 11.5 Å². The molecule has 0 radical (unpaired) electrons. The fourth-order valence-corrected chi connectivity index (χ4v) is 2.74. The smallest absolute Gasteiger partial charge is 0.308 e. The number of benzene rings is 2. The van der Waals surface area contributed by atoms with Crippen molar-refractivity contribution in [2.75, 3.05) is 20.3 Å². The van der Waals surface area contributed by atoms with E-state index in [1.165, 1.54) is 12.1 Å². The molecule has 2 rings (SSSR count). The number of nitrogens with one attached hydrogen (secondary N) is 1. The molecule has 0 bridgehead atoms. The van der Waals surface area contributed by atoms with Gasteiger partial charge in [-0.3, -0.25) is 9.59 Å². The SMILES string of the molecule is CCOC(=O)CC(NC(=O)CCCOc1ccccc1F)c1cccc(OC)c1. The molecule has 7 heteroatoms. The molecule has 0 aliphatic heterocycles. The number of hydrogen-bond acceptors (Lipinski definition) is 5. The summed E-state index contributed by atoms with van der Waals surface area (Å²) in [4.78, 5) is 24.3. The molecule has 0 saturated carbocycles. The van der Waals surface area contributed by atoms with Gasteiger partial charge in [-0.05, 0) is 43.2 Å². The van der Waals surface area contributed by atoms with Gasteiger partial charge in [-0.15, -0.1) is 0 Å². The minimum atomic E-state index is -0.538. The van der Waals surface area contributed by atoms with Gasteiger partial charge in [-0.25, -0.2) is 4.39 Å². The largest absolute Gasteiger partial charge is 0.497 e. The number of halogens is 1. The second-order valence-corrected chi connectivity index (χ2v) is 6.29. The fourth-order valence-electron chi connectivity index (χ4n) is 2.74. The third-order valence-electron chi connectivity index (χ3n) is 4.15. The van der Waals surface area contributed by atoms with Crippen LogP contribution in [-0.2, 0) is 14.3 Å². The lowest BCUT2D eigenvalue weighted by Crippen LogP contribution is -2.30. The number of ether oxygens (including phenoxy) is 3. The predicted octanol–water partition coefficient (Wildman–Crippen LogP) is 3.80. The Balaban J connectivity index is 1.91. The third-order valence-corrected chi connectivity index (χ3v) is 4.15. The lowest BCUT2D eigenvalue weighted by molar-refractivity contribution is -0.143. The first-order chi connectivity index (χ1) is 14.0. The van der Waals surface area contributed by atoms with Crippen LogP contribution in [0.3, 0.4) is 0 Å². The molecule has 1 amide bonds. The van der Waals surface area contributed by atoms with Crippen LogP contribution in [0.25, 0.3) is 0 Å². The first-order valence-corrected chi connectivity index (χ1v) is 9.49. The second kappa shape index (κ2) is 11.7. The van der Waals surface area contributed by atoms with Gasteiger partial charge in [-0.2, -0.15) is 0 Å². The van der Waals surface area contributed by atoms with E-state index in [1.807, 2.05) is 6.07 Å². The zero-order chi connectivity index (χ0) is 21.1. The Bertz CT molecular complexity index is 811. The first kappa shape index (κ1) is 22.2. The molecule has 29 heavy (non-hydrogen) atoms. The van der Waals surface area contributed by atoms with Crippen LogP contribution in [0.15, 0.2) is 48.5 Å². The van der Waals surface area contributed by atoms with E-state index in [9.17, 15) is 14.0 Å². The molecule has 2 aromatic carbocycles. The number of para-hydroxylation sites is 1. The molecule has 0 aliphatic carbocycles. The van der Waals surface area contributed by atoms with Gasteiger partial charge in [0.25, 0.3) is 0 Å². The summed E-state index contributed by atoms with van der Waals surface area (Å²) in [6.45, 7) is 2.20. The number of hydrogen-bond donors (Lipinski definition) is 1. The van der Waals surface area contributed by atoms with Crippen LogP contribution in [0.1, 0.15) is 37.8 Å². The summed E-state index contributed by atoms with van der Waals surface area (Å²) in [5.74, 6) is -0.291. The molecule has 0 saturated heterocycles. The highest BCUT2D eigenvalue weighted by Gasteiger charge is 2.19. The molecule has 156 valence electrons. The normalized spacial score (nSPS) is 11.4. The monoisotopic (exact) mass is 403 g/mol. The van der Waals surface area contributed by atoms with E-state index in [0.29, 0.717) is 12.2 Å². The maximum absolute atomic E-state index is 13.5. The van der Waals surface area contributed by atoms with Crippen molar-refractivity contribution in [2.45, 2.75) is 32.2 Å². The number of esters is 1. The summed E-state index contributed by atoms with van der Waals surface area (Å²) in [5.41, 5.74) is 0.744. The minimum Gasteiger partial charge on any atom is -0.497 e. The van der Waals surface area contributed by atoms with Crippen LogP contribution < -0.4 is 14.8 Å². The summed E-state index contributed by atoms with van der Waals surface area (Å²) in [6, 6.07) is 12.7. The molecule has 0 spiro atoms. The number of amides is 1. The lowest BCUT2D eigenvalue weighted by atomic mass is 10.0. The first-order valence-electron chi connectivity index (χ1n) is 9.49. The molecule has 1 atom stereocenters. The van der Waals surface area contributed by atoms with E-state index in [-0.39, 0.29) is 37.7 Å². The Kier molecular flexibility index (Phi) is 8.95. The fraction of sp³-hybridized carbons (Fsp3) is 0.364. The second-order valence-electron chi connectivity index (χ2n) is 6.29.